The quantitative estimate of drug-likeness (QED) is 0.470. The number of hydrogen-bond donors (Lipinski definition) is 3. The molecule has 5 rings (SSSR count). The molecule has 1 fully saturated rings. The maximum absolute atomic E-state index is 5.92. The fraction of sp³-hybridized carbons (Fsp3) is 0.154. The predicted molar refractivity (Wildman–Crippen MR) is 132 cm³/mol. The molecular weight excluding hydrogens is 396 g/mol. The molecule has 0 radical (unpaired) electrons. The van der Waals surface area contributed by atoms with Crippen molar-refractivity contribution in [3.05, 3.63) is 83.8 Å². The van der Waals surface area contributed by atoms with E-state index in [0.717, 1.165) is 70.0 Å². The molecule has 1 aliphatic heterocycles. The van der Waals surface area contributed by atoms with Gasteiger partial charge in [0.25, 0.3) is 0 Å². The molecule has 0 saturated carbocycles. The second-order valence-corrected chi connectivity index (χ2v) is 7.94. The first kappa shape index (κ1) is 20.0. The second kappa shape index (κ2) is 8.69. The maximum Gasteiger partial charge on any atom is 0.138 e. The molecule has 0 spiro atoms. The topological polar surface area (TPSA) is 82.9 Å². The summed E-state index contributed by atoms with van der Waals surface area (Å²) >= 11 is 0. The van der Waals surface area contributed by atoms with Crippen molar-refractivity contribution in [1.82, 2.24) is 20.3 Å². The highest BCUT2D eigenvalue weighted by atomic mass is 15.2. The van der Waals surface area contributed by atoms with Crippen molar-refractivity contribution < 1.29 is 0 Å². The van der Waals surface area contributed by atoms with E-state index in [9.17, 15) is 0 Å². The van der Waals surface area contributed by atoms with Crippen LogP contribution >= 0.6 is 0 Å². The van der Waals surface area contributed by atoms with Gasteiger partial charge in [0.1, 0.15) is 5.65 Å². The summed E-state index contributed by atoms with van der Waals surface area (Å²) in [6, 6.07) is 14.7. The highest BCUT2D eigenvalue weighted by Gasteiger charge is 2.12. The van der Waals surface area contributed by atoms with Gasteiger partial charge in [-0.3, -0.25) is 4.98 Å². The number of nitrogens with two attached hydrogens (primary N) is 1. The first-order chi connectivity index (χ1) is 15.7. The number of allylic oxidation sites excluding steroid dienone is 1. The average molecular weight is 423 g/mol. The van der Waals surface area contributed by atoms with E-state index in [1.54, 1.807) is 12.4 Å². The van der Waals surface area contributed by atoms with E-state index in [0.29, 0.717) is 0 Å². The highest BCUT2D eigenvalue weighted by Crippen LogP contribution is 2.26. The molecular formula is C26H26N6. The SMILES string of the molecule is C=C(/C=c1\c(=C/N)[nH]c2ncc(-c3cccc(N4CCNCC4)c3)cc12)c1cccnc1. The number of piperazine rings is 1. The Morgan fingerprint density at radius 2 is 1.94 bits per heavy atom. The maximum atomic E-state index is 5.92. The van der Waals surface area contributed by atoms with Gasteiger partial charge in [-0.05, 0) is 47.0 Å². The Hall–Kier alpha value is -3.90. The van der Waals surface area contributed by atoms with E-state index in [4.69, 9.17) is 10.7 Å². The van der Waals surface area contributed by atoms with Gasteiger partial charge in [0.15, 0.2) is 0 Å². The summed E-state index contributed by atoms with van der Waals surface area (Å²) < 4.78 is 0. The fourth-order valence-corrected chi connectivity index (χ4v) is 4.17. The van der Waals surface area contributed by atoms with E-state index >= 15 is 0 Å². The predicted octanol–water partition coefficient (Wildman–Crippen LogP) is 2.23. The molecule has 6 nitrogen and oxygen atoms in total. The van der Waals surface area contributed by atoms with E-state index in [1.807, 2.05) is 30.6 Å². The van der Waals surface area contributed by atoms with E-state index in [1.165, 1.54) is 5.69 Å². The van der Waals surface area contributed by atoms with Crippen LogP contribution in [0.5, 0.6) is 0 Å². The van der Waals surface area contributed by atoms with Crippen molar-refractivity contribution >= 4 is 34.6 Å². The lowest BCUT2D eigenvalue weighted by Gasteiger charge is -2.29. The number of nitrogens with one attached hydrogen (secondary N) is 2. The summed E-state index contributed by atoms with van der Waals surface area (Å²) in [5, 5.41) is 6.22. The number of aromatic nitrogens is 3. The number of pyridine rings is 2. The zero-order valence-electron chi connectivity index (χ0n) is 17.9. The largest absolute Gasteiger partial charge is 0.403 e. The second-order valence-electron chi connectivity index (χ2n) is 7.94. The van der Waals surface area contributed by atoms with Crippen LogP contribution in [0.25, 0.3) is 40.0 Å². The van der Waals surface area contributed by atoms with Crippen LogP contribution < -0.4 is 26.5 Å². The Morgan fingerprint density at radius 1 is 1.06 bits per heavy atom. The summed E-state index contributed by atoms with van der Waals surface area (Å²) in [6.07, 6.45) is 9.10. The lowest BCUT2D eigenvalue weighted by Crippen LogP contribution is -2.43. The van der Waals surface area contributed by atoms with E-state index < -0.39 is 0 Å². The molecule has 4 heterocycles. The summed E-state index contributed by atoms with van der Waals surface area (Å²) in [4.78, 5) is 14.6. The average Bonchev–Trinajstić information content (AvgIpc) is 3.22. The van der Waals surface area contributed by atoms with Gasteiger partial charge in [-0.1, -0.05) is 24.8 Å². The highest BCUT2D eigenvalue weighted by molar-refractivity contribution is 5.92. The van der Waals surface area contributed by atoms with Crippen LogP contribution in [0.15, 0.2) is 67.6 Å². The lowest BCUT2D eigenvalue weighted by atomic mass is 10.0. The van der Waals surface area contributed by atoms with Crippen LogP contribution in [0.3, 0.4) is 0 Å². The van der Waals surface area contributed by atoms with Crippen molar-refractivity contribution in [2.24, 2.45) is 5.73 Å². The van der Waals surface area contributed by atoms with Gasteiger partial charge in [-0.2, -0.15) is 0 Å². The molecule has 4 N–H and O–H groups in total. The zero-order chi connectivity index (χ0) is 21.9. The summed E-state index contributed by atoms with van der Waals surface area (Å²) in [5.74, 6) is 0. The van der Waals surface area contributed by atoms with Gasteiger partial charge in [0.05, 0.1) is 5.35 Å². The van der Waals surface area contributed by atoms with Crippen LogP contribution in [0.4, 0.5) is 5.69 Å². The Labute approximate surface area is 186 Å². The van der Waals surface area contributed by atoms with Gasteiger partial charge >= 0.3 is 0 Å². The Kier molecular flexibility index (Phi) is 5.44. The molecule has 1 aromatic carbocycles. The number of H-pyrrole nitrogens is 1. The smallest absolute Gasteiger partial charge is 0.138 e. The van der Waals surface area contributed by atoms with Crippen molar-refractivity contribution in [3.63, 3.8) is 0 Å². The molecule has 32 heavy (non-hydrogen) atoms. The molecule has 6 heteroatoms. The Bertz CT molecular complexity index is 1380. The fourth-order valence-electron chi connectivity index (χ4n) is 4.17. The van der Waals surface area contributed by atoms with Gasteiger partial charge in [0.2, 0.25) is 0 Å². The minimum absolute atomic E-state index is 0.800. The van der Waals surface area contributed by atoms with Gasteiger partial charge in [-0.25, -0.2) is 4.98 Å². The third-order valence-corrected chi connectivity index (χ3v) is 5.90. The summed E-state index contributed by atoms with van der Waals surface area (Å²) in [7, 11) is 0. The first-order valence-corrected chi connectivity index (χ1v) is 10.8. The Morgan fingerprint density at radius 3 is 2.72 bits per heavy atom. The molecule has 0 unspecified atom stereocenters. The lowest BCUT2D eigenvalue weighted by molar-refractivity contribution is 0.589. The number of fused-ring (bicyclic) bond motifs is 1. The minimum atomic E-state index is 0.800. The minimum Gasteiger partial charge on any atom is -0.403 e. The van der Waals surface area contributed by atoms with Crippen molar-refractivity contribution in [2.75, 3.05) is 31.1 Å². The molecule has 160 valence electrons. The molecule has 0 atom stereocenters. The van der Waals surface area contributed by atoms with Gasteiger partial charge in [-0.15, -0.1) is 0 Å². The van der Waals surface area contributed by atoms with Crippen molar-refractivity contribution in [3.8, 4) is 11.1 Å². The number of benzene rings is 1. The van der Waals surface area contributed by atoms with Crippen molar-refractivity contribution in [1.29, 1.82) is 0 Å². The van der Waals surface area contributed by atoms with Crippen LogP contribution in [0.2, 0.25) is 0 Å². The van der Waals surface area contributed by atoms with Crippen LogP contribution in [-0.2, 0) is 0 Å². The monoisotopic (exact) mass is 422 g/mol. The van der Waals surface area contributed by atoms with Crippen molar-refractivity contribution in [2.45, 2.75) is 0 Å². The number of anilines is 1. The molecule has 1 aliphatic rings. The molecule has 4 aromatic rings. The first-order valence-electron chi connectivity index (χ1n) is 10.8. The molecule has 1 saturated heterocycles. The number of hydrogen-bond acceptors (Lipinski definition) is 5. The van der Waals surface area contributed by atoms with E-state index in [2.05, 4.69) is 57.1 Å². The molecule has 0 amide bonds. The standard InChI is InChI=1S/C26H26N6/c1-18(20-5-3-7-29-16-20)12-23-24-14-21(17-30-26(24)31-25(23)15-27)19-4-2-6-22(13-19)32-10-8-28-9-11-32/h2-7,12-17,28H,1,8-11,27H2,(H,30,31)/b23-12-,25-15+. The summed E-state index contributed by atoms with van der Waals surface area (Å²) in [5.41, 5.74) is 12.0. The van der Waals surface area contributed by atoms with Crippen LogP contribution in [-0.4, -0.2) is 41.1 Å². The Balaban J connectivity index is 1.59. The van der Waals surface area contributed by atoms with Gasteiger partial charge in [0, 0.05) is 72.8 Å². The normalized spacial score (nSPS) is 15.4. The zero-order valence-corrected chi connectivity index (χ0v) is 17.9. The number of rotatable bonds is 4. The van der Waals surface area contributed by atoms with Crippen LogP contribution in [0, 0.1) is 0 Å². The number of aromatic amines is 1. The molecule has 3 aromatic heterocycles. The molecule has 0 bridgehead atoms. The van der Waals surface area contributed by atoms with E-state index in [-0.39, 0.29) is 0 Å². The number of nitrogens with zero attached hydrogens (tertiary/aromatic N) is 3. The summed E-state index contributed by atoms with van der Waals surface area (Å²) in [6.45, 7) is 8.29. The van der Waals surface area contributed by atoms with Gasteiger partial charge < -0.3 is 20.9 Å². The van der Waals surface area contributed by atoms with Crippen LogP contribution in [0.1, 0.15) is 5.56 Å². The third kappa shape index (κ3) is 3.88. The third-order valence-electron chi connectivity index (χ3n) is 5.90. The molecule has 0 aliphatic carbocycles.